The van der Waals surface area contributed by atoms with E-state index in [1.807, 2.05) is 6.07 Å². The van der Waals surface area contributed by atoms with Gasteiger partial charge in [0.1, 0.15) is 36.6 Å². The van der Waals surface area contributed by atoms with Crippen molar-refractivity contribution in [2.45, 2.75) is 12.6 Å². The number of nitrogens with one attached hydrogen (secondary N) is 2. The zero-order valence-electron chi connectivity index (χ0n) is 20.2. The minimum atomic E-state index is -0.376. The Balaban J connectivity index is 1.16. The second-order valence-corrected chi connectivity index (χ2v) is 8.77. The average Bonchev–Trinajstić information content (AvgIpc) is 2.91. The maximum absolute atomic E-state index is 13.0. The van der Waals surface area contributed by atoms with Crippen molar-refractivity contribution in [3.8, 4) is 28.7 Å². The van der Waals surface area contributed by atoms with Crippen LogP contribution in [0.1, 0.15) is 5.56 Å². The van der Waals surface area contributed by atoms with Crippen LogP contribution in [0.2, 0.25) is 0 Å². The number of pyridine rings is 1. The lowest BCUT2D eigenvalue weighted by Crippen LogP contribution is -2.38. The van der Waals surface area contributed by atoms with E-state index in [1.165, 1.54) is 12.1 Å². The molecule has 1 saturated heterocycles. The molecular formula is C28H24FN3O6. The molecule has 9 nitrogen and oxygen atoms in total. The lowest BCUT2D eigenvalue weighted by atomic mass is 10.1. The number of hydrogen-bond acceptors (Lipinski definition) is 7. The van der Waals surface area contributed by atoms with Crippen LogP contribution >= 0.6 is 0 Å². The summed E-state index contributed by atoms with van der Waals surface area (Å²) in [5.41, 5.74) is 2.03. The van der Waals surface area contributed by atoms with Crippen LogP contribution in [0.3, 0.4) is 0 Å². The van der Waals surface area contributed by atoms with E-state index >= 15 is 0 Å². The number of ether oxygens (including phenoxy) is 5. The zero-order chi connectivity index (χ0) is 25.9. The van der Waals surface area contributed by atoms with E-state index in [9.17, 15) is 9.18 Å². The van der Waals surface area contributed by atoms with Crippen LogP contribution in [-0.2, 0) is 11.3 Å². The van der Waals surface area contributed by atoms with Crippen molar-refractivity contribution in [1.82, 2.24) is 10.3 Å². The topological polar surface area (TPSA) is 100 Å². The molecule has 38 heavy (non-hydrogen) atoms. The molecular weight excluding hydrogens is 493 g/mol. The Kier molecular flexibility index (Phi) is 6.53. The Morgan fingerprint density at radius 2 is 1.74 bits per heavy atom. The molecule has 3 heterocycles. The van der Waals surface area contributed by atoms with Gasteiger partial charge in [0.15, 0.2) is 11.5 Å². The molecule has 2 N–H and O–H groups in total. The van der Waals surface area contributed by atoms with Crippen LogP contribution in [0, 0.1) is 5.82 Å². The number of urea groups is 1. The fourth-order valence-electron chi connectivity index (χ4n) is 4.10. The first kappa shape index (κ1) is 23.8. The van der Waals surface area contributed by atoms with Gasteiger partial charge in [-0.1, -0.05) is 12.1 Å². The predicted molar refractivity (Wildman–Crippen MR) is 137 cm³/mol. The largest absolute Gasteiger partial charge is 0.485 e. The minimum Gasteiger partial charge on any atom is -0.485 e. The molecule has 1 aromatic heterocycles. The number of amides is 2. The van der Waals surface area contributed by atoms with Crippen LogP contribution < -0.4 is 29.6 Å². The molecule has 0 saturated carbocycles. The number of halogens is 1. The van der Waals surface area contributed by atoms with Gasteiger partial charge in [0.25, 0.3) is 0 Å². The van der Waals surface area contributed by atoms with E-state index in [1.54, 1.807) is 48.7 Å². The van der Waals surface area contributed by atoms with Gasteiger partial charge in [-0.2, -0.15) is 0 Å². The molecule has 0 spiro atoms. The van der Waals surface area contributed by atoms with Crippen molar-refractivity contribution in [3.05, 3.63) is 78.2 Å². The standard InChI is InChI=1S/C28H24FN3O6/c29-18-3-1-17(2-4-18)14-31-28(33)32-19-5-7-20(8-6-19)37-23-9-10-30-22-13-24(38-21-15-34-16-21)26-27(25(22)23)36-12-11-35-26/h1-10,13,21H,11-12,14-16H2,(H2,31,32,33). The first-order valence-corrected chi connectivity index (χ1v) is 12.2. The van der Waals surface area contributed by atoms with Crippen LogP contribution in [0.15, 0.2) is 66.9 Å². The fourth-order valence-corrected chi connectivity index (χ4v) is 4.10. The molecule has 10 heteroatoms. The van der Waals surface area contributed by atoms with Crippen molar-refractivity contribution in [3.63, 3.8) is 0 Å². The Morgan fingerprint density at radius 3 is 2.47 bits per heavy atom. The second-order valence-electron chi connectivity index (χ2n) is 8.77. The van der Waals surface area contributed by atoms with E-state index in [-0.39, 0.29) is 24.5 Å². The van der Waals surface area contributed by atoms with Gasteiger partial charge in [-0.05, 0) is 48.0 Å². The van der Waals surface area contributed by atoms with Gasteiger partial charge in [0.05, 0.1) is 24.1 Å². The number of carbonyl (C=O) groups is 1. The van der Waals surface area contributed by atoms with Crippen molar-refractivity contribution >= 4 is 22.6 Å². The minimum absolute atomic E-state index is 0.0290. The molecule has 0 unspecified atom stereocenters. The highest BCUT2D eigenvalue weighted by Gasteiger charge is 2.28. The summed E-state index contributed by atoms with van der Waals surface area (Å²) in [4.78, 5) is 16.7. The molecule has 3 aromatic carbocycles. The first-order valence-electron chi connectivity index (χ1n) is 12.2. The van der Waals surface area contributed by atoms with Gasteiger partial charge in [-0.15, -0.1) is 0 Å². The summed E-state index contributed by atoms with van der Waals surface area (Å²) in [6.45, 7) is 2.16. The first-order chi connectivity index (χ1) is 18.6. The Hall–Kier alpha value is -4.57. The lowest BCUT2D eigenvalue weighted by molar-refractivity contribution is -0.0807. The van der Waals surface area contributed by atoms with E-state index in [0.29, 0.717) is 71.8 Å². The lowest BCUT2D eigenvalue weighted by Gasteiger charge is -2.29. The molecule has 0 radical (unpaired) electrons. The monoisotopic (exact) mass is 517 g/mol. The van der Waals surface area contributed by atoms with Gasteiger partial charge in [-0.25, -0.2) is 9.18 Å². The third kappa shape index (κ3) is 5.12. The SMILES string of the molecule is O=C(NCc1ccc(F)cc1)Nc1ccc(Oc2ccnc3cc(OC4COC4)c4c(c23)OCCO4)cc1. The normalized spacial score (nSPS) is 14.4. The molecule has 194 valence electrons. The summed E-state index contributed by atoms with van der Waals surface area (Å²) in [5.74, 6) is 2.42. The smallest absolute Gasteiger partial charge is 0.319 e. The Labute approximate surface area is 217 Å². The maximum atomic E-state index is 13.0. The quantitative estimate of drug-likeness (QED) is 0.354. The van der Waals surface area contributed by atoms with Gasteiger partial charge in [0.2, 0.25) is 5.75 Å². The Bertz CT molecular complexity index is 1460. The van der Waals surface area contributed by atoms with Crippen molar-refractivity contribution < 1.29 is 32.9 Å². The number of fused-ring (bicyclic) bond motifs is 3. The van der Waals surface area contributed by atoms with E-state index < -0.39 is 0 Å². The highest BCUT2D eigenvalue weighted by Crippen LogP contribution is 2.48. The average molecular weight is 518 g/mol. The molecule has 6 rings (SSSR count). The van der Waals surface area contributed by atoms with Crippen LogP contribution in [0.4, 0.5) is 14.9 Å². The maximum Gasteiger partial charge on any atom is 0.319 e. The number of carbonyl (C=O) groups excluding carboxylic acids is 1. The zero-order valence-corrected chi connectivity index (χ0v) is 20.2. The number of benzene rings is 3. The van der Waals surface area contributed by atoms with E-state index in [2.05, 4.69) is 15.6 Å². The molecule has 2 aliphatic rings. The van der Waals surface area contributed by atoms with Crippen molar-refractivity contribution in [1.29, 1.82) is 0 Å². The summed E-state index contributed by atoms with van der Waals surface area (Å²) < 4.78 is 42.4. The molecule has 4 aromatic rings. The predicted octanol–water partition coefficient (Wildman–Crippen LogP) is 5.04. The second kappa shape index (κ2) is 10.4. The number of rotatable bonds is 7. The van der Waals surface area contributed by atoms with Crippen LogP contribution in [0.25, 0.3) is 10.9 Å². The van der Waals surface area contributed by atoms with Gasteiger partial charge in [-0.3, -0.25) is 4.98 Å². The third-order valence-electron chi connectivity index (χ3n) is 6.05. The summed E-state index contributed by atoms with van der Waals surface area (Å²) in [6, 6.07) is 16.1. The van der Waals surface area contributed by atoms with Crippen LogP contribution in [-0.4, -0.2) is 43.5 Å². The summed E-state index contributed by atoms with van der Waals surface area (Å²) in [5, 5.41) is 6.19. The van der Waals surface area contributed by atoms with Crippen molar-refractivity contribution in [2.24, 2.45) is 0 Å². The fraction of sp³-hybridized carbons (Fsp3) is 0.214. The highest BCUT2D eigenvalue weighted by atomic mass is 19.1. The Morgan fingerprint density at radius 1 is 0.974 bits per heavy atom. The summed E-state index contributed by atoms with van der Waals surface area (Å²) in [6.07, 6.45) is 1.63. The van der Waals surface area contributed by atoms with Gasteiger partial charge in [0, 0.05) is 24.5 Å². The van der Waals surface area contributed by atoms with Crippen molar-refractivity contribution in [2.75, 3.05) is 31.7 Å². The van der Waals surface area contributed by atoms with E-state index in [0.717, 1.165) is 5.56 Å². The third-order valence-corrected chi connectivity index (χ3v) is 6.05. The number of anilines is 1. The molecule has 0 atom stereocenters. The summed E-state index contributed by atoms with van der Waals surface area (Å²) >= 11 is 0. The number of nitrogens with zero attached hydrogens (tertiary/aromatic N) is 1. The number of hydrogen-bond donors (Lipinski definition) is 2. The van der Waals surface area contributed by atoms with Gasteiger partial charge >= 0.3 is 6.03 Å². The molecule has 1 fully saturated rings. The van der Waals surface area contributed by atoms with Crippen LogP contribution in [0.5, 0.6) is 28.7 Å². The highest BCUT2D eigenvalue weighted by molar-refractivity contribution is 5.95. The van der Waals surface area contributed by atoms with Gasteiger partial charge < -0.3 is 34.3 Å². The molecule has 2 aliphatic heterocycles. The molecule has 2 amide bonds. The summed E-state index contributed by atoms with van der Waals surface area (Å²) in [7, 11) is 0. The van der Waals surface area contributed by atoms with E-state index in [4.69, 9.17) is 23.7 Å². The molecule has 0 aliphatic carbocycles. The number of aromatic nitrogens is 1. The molecule has 0 bridgehead atoms.